The summed E-state index contributed by atoms with van der Waals surface area (Å²) in [6, 6.07) is 38.8. The van der Waals surface area contributed by atoms with Gasteiger partial charge in [0.2, 0.25) is 0 Å². The molecule has 4 heteroatoms. The van der Waals surface area contributed by atoms with E-state index in [-0.39, 0.29) is 18.9 Å². The van der Waals surface area contributed by atoms with Gasteiger partial charge in [-0.15, -0.1) is 0 Å². The molecule has 0 radical (unpaired) electrons. The number of fused-ring (bicyclic) bond motifs is 1. The zero-order valence-electron chi connectivity index (χ0n) is 21.2. The van der Waals surface area contributed by atoms with Crippen molar-refractivity contribution in [2.75, 3.05) is 0 Å². The molecule has 0 spiro atoms. The zero-order chi connectivity index (χ0) is 26.5. The first-order valence-corrected chi connectivity index (χ1v) is 12.7. The summed E-state index contributed by atoms with van der Waals surface area (Å²) in [5, 5.41) is 12.0. The van der Waals surface area contributed by atoms with Gasteiger partial charge in [0.25, 0.3) is 5.91 Å². The summed E-state index contributed by atoms with van der Waals surface area (Å²) in [7, 11) is 0. The molecule has 0 saturated heterocycles. The van der Waals surface area contributed by atoms with E-state index in [0.29, 0.717) is 5.56 Å². The second kappa shape index (κ2) is 11.1. The topological polar surface area (TPSA) is 57.6 Å². The molecule has 1 atom stereocenters. The molecule has 4 nitrogen and oxygen atoms in total. The minimum absolute atomic E-state index is 0.198. The van der Waals surface area contributed by atoms with Crippen molar-refractivity contribution in [3.05, 3.63) is 144 Å². The number of hydrogen-bond acceptors (Lipinski definition) is 2. The summed E-state index contributed by atoms with van der Waals surface area (Å²) < 4.78 is 0. The number of hydrogen-bond donors (Lipinski definition) is 1. The standard InChI is InChI=1S/C34H29NO3/c1-24-14-16-29(17-15-24)34(38)35(23-30-12-7-11-27-10-5-6-13-31(27)30)32(22-33(36)37)28-20-18-26(19-21-28)25-8-3-2-4-9-25/h2-21,32H,22-23H2,1H3,(H,36,37). The van der Waals surface area contributed by atoms with Gasteiger partial charge in [-0.05, 0) is 52.1 Å². The molecule has 38 heavy (non-hydrogen) atoms. The number of carboxylic acids is 1. The van der Waals surface area contributed by atoms with E-state index in [2.05, 4.69) is 0 Å². The number of aliphatic carboxylic acids is 1. The predicted molar refractivity (Wildman–Crippen MR) is 152 cm³/mol. The fraction of sp³-hybridized carbons (Fsp3) is 0.118. The SMILES string of the molecule is Cc1ccc(C(=O)N(Cc2cccc3ccccc23)C(CC(=O)O)c2ccc(-c3ccccc3)cc2)cc1. The Kier molecular flexibility index (Phi) is 7.32. The largest absolute Gasteiger partial charge is 0.481 e. The van der Waals surface area contributed by atoms with Gasteiger partial charge in [0.15, 0.2) is 0 Å². The van der Waals surface area contributed by atoms with Gasteiger partial charge < -0.3 is 10.0 Å². The Balaban J connectivity index is 1.58. The number of carboxylic acid groups (broad SMARTS) is 1. The molecule has 0 bridgehead atoms. The highest BCUT2D eigenvalue weighted by Crippen LogP contribution is 2.32. The Bertz CT molecular complexity index is 1550. The monoisotopic (exact) mass is 499 g/mol. The van der Waals surface area contributed by atoms with E-state index in [4.69, 9.17) is 0 Å². The molecular weight excluding hydrogens is 470 g/mol. The first kappa shape index (κ1) is 25.0. The van der Waals surface area contributed by atoms with Crippen LogP contribution in [0.1, 0.15) is 39.5 Å². The molecular formula is C34H29NO3. The van der Waals surface area contributed by atoms with Crippen molar-refractivity contribution >= 4 is 22.6 Å². The Hall–Kier alpha value is -4.70. The maximum absolute atomic E-state index is 14.0. The van der Waals surface area contributed by atoms with Gasteiger partial charge in [0, 0.05) is 12.1 Å². The van der Waals surface area contributed by atoms with Crippen LogP contribution in [0.4, 0.5) is 0 Å². The number of rotatable bonds is 8. The average molecular weight is 500 g/mol. The summed E-state index contributed by atoms with van der Waals surface area (Å²) in [6.07, 6.45) is -0.201. The van der Waals surface area contributed by atoms with Gasteiger partial charge in [-0.1, -0.05) is 115 Å². The number of carbonyl (C=O) groups is 2. The van der Waals surface area contributed by atoms with E-state index in [1.165, 1.54) is 0 Å². The molecule has 1 unspecified atom stereocenters. The molecule has 1 amide bonds. The van der Waals surface area contributed by atoms with E-state index >= 15 is 0 Å². The maximum Gasteiger partial charge on any atom is 0.305 e. The van der Waals surface area contributed by atoms with Crippen molar-refractivity contribution in [1.29, 1.82) is 0 Å². The molecule has 0 saturated carbocycles. The molecule has 5 aromatic rings. The van der Waals surface area contributed by atoms with E-state index in [1.807, 2.05) is 128 Å². The third kappa shape index (κ3) is 5.50. The van der Waals surface area contributed by atoms with Crippen molar-refractivity contribution in [3.63, 3.8) is 0 Å². The van der Waals surface area contributed by atoms with Crippen LogP contribution in [0.2, 0.25) is 0 Å². The molecule has 0 heterocycles. The lowest BCUT2D eigenvalue weighted by molar-refractivity contribution is -0.138. The lowest BCUT2D eigenvalue weighted by Gasteiger charge is -2.32. The second-order valence-corrected chi connectivity index (χ2v) is 9.54. The molecule has 188 valence electrons. The smallest absolute Gasteiger partial charge is 0.305 e. The van der Waals surface area contributed by atoms with Crippen LogP contribution in [0, 0.1) is 6.92 Å². The van der Waals surface area contributed by atoms with Crippen LogP contribution in [0.15, 0.2) is 121 Å². The number of carbonyl (C=O) groups excluding carboxylic acids is 1. The zero-order valence-corrected chi connectivity index (χ0v) is 21.2. The highest BCUT2D eigenvalue weighted by molar-refractivity contribution is 5.95. The molecule has 0 aliphatic rings. The van der Waals surface area contributed by atoms with E-state index < -0.39 is 12.0 Å². The number of benzene rings is 5. The van der Waals surface area contributed by atoms with E-state index in [1.54, 1.807) is 4.90 Å². The van der Waals surface area contributed by atoms with Crippen molar-refractivity contribution in [3.8, 4) is 11.1 Å². The van der Waals surface area contributed by atoms with Crippen LogP contribution in [0.3, 0.4) is 0 Å². The highest BCUT2D eigenvalue weighted by Gasteiger charge is 2.29. The van der Waals surface area contributed by atoms with Gasteiger partial charge in [0.1, 0.15) is 0 Å². The first-order valence-electron chi connectivity index (χ1n) is 12.7. The fourth-order valence-electron chi connectivity index (χ4n) is 4.90. The van der Waals surface area contributed by atoms with Crippen LogP contribution in [0.5, 0.6) is 0 Å². The molecule has 1 N–H and O–H groups in total. The molecule has 0 aromatic heterocycles. The number of amides is 1. The number of aryl methyl sites for hydroxylation is 1. The second-order valence-electron chi connectivity index (χ2n) is 9.54. The van der Waals surface area contributed by atoms with Gasteiger partial charge in [-0.25, -0.2) is 0 Å². The summed E-state index contributed by atoms with van der Waals surface area (Å²) in [5.74, 6) is -1.15. The van der Waals surface area contributed by atoms with E-state index in [9.17, 15) is 14.7 Å². The van der Waals surface area contributed by atoms with Crippen molar-refractivity contribution in [1.82, 2.24) is 4.90 Å². The molecule has 5 aromatic carbocycles. The molecule has 0 fully saturated rings. The van der Waals surface area contributed by atoms with Crippen molar-refractivity contribution in [2.24, 2.45) is 0 Å². The summed E-state index contributed by atoms with van der Waals surface area (Å²) in [4.78, 5) is 27.8. The predicted octanol–water partition coefficient (Wildman–Crippen LogP) is 7.67. The third-order valence-corrected chi connectivity index (χ3v) is 6.93. The summed E-state index contributed by atoms with van der Waals surface area (Å²) in [6.45, 7) is 2.26. The first-order chi connectivity index (χ1) is 18.5. The Labute approximate surface area is 222 Å². The van der Waals surface area contributed by atoms with Crippen LogP contribution in [-0.4, -0.2) is 21.9 Å². The molecule has 5 rings (SSSR count). The van der Waals surface area contributed by atoms with Crippen molar-refractivity contribution < 1.29 is 14.7 Å². The van der Waals surface area contributed by atoms with Crippen molar-refractivity contribution in [2.45, 2.75) is 25.9 Å². The van der Waals surface area contributed by atoms with E-state index in [0.717, 1.165) is 38.6 Å². The van der Waals surface area contributed by atoms with Crippen LogP contribution in [0.25, 0.3) is 21.9 Å². The highest BCUT2D eigenvalue weighted by atomic mass is 16.4. The summed E-state index contributed by atoms with van der Waals surface area (Å²) in [5.41, 5.74) is 5.46. The fourth-order valence-corrected chi connectivity index (χ4v) is 4.90. The third-order valence-electron chi connectivity index (χ3n) is 6.93. The quantitative estimate of drug-likeness (QED) is 0.238. The lowest BCUT2D eigenvalue weighted by Crippen LogP contribution is -2.36. The van der Waals surface area contributed by atoms with Gasteiger partial charge in [-0.3, -0.25) is 9.59 Å². The van der Waals surface area contributed by atoms with Crippen LogP contribution < -0.4 is 0 Å². The van der Waals surface area contributed by atoms with Gasteiger partial charge in [-0.2, -0.15) is 0 Å². The minimum Gasteiger partial charge on any atom is -0.481 e. The number of nitrogens with zero attached hydrogens (tertiary/aromatic N) is 1. The Morgan fingerprint density at radius 3 is 2.05 bits per heavy atom. The van der Waals surface area contributed by atoms with Gasteiger partial charge in [0.05, 0.1) is 12.5 Å². The lowest BCUT2D eigenvalue weighted by atomic mass is 9.96. The Morgan fingerprint density at radius 1 is 0.711 bits per heavy atom. The average Bonchev–Trinajstić information content (AvgIpc) is 2.95. The molecule has 0 aliphatic heterocycles. The summed E-state index contributed by atoms with van der Waals surface area (Å²) >= 11 is 0. The normalized spacial score (nSPS) is 11.7. The maximum atomic E-state index is 14.0. The van der Waals surface area contributed by atoms with Crippen LogP contribution in [-0.2, 0) is 11.3 Å². The van der Waals surface area contributed by atoms with Gasteiger partial charge >= 0.3 is 5.97 Å². The molecule has 0 aliphatic carbocycles. The van der Waals surface area contributed by atoms with Crippen LogP contribution >= 0.6 is 0 Å². The minimum atomic E-state index is -0.957. The Morgan fingerprint density at radius 2 is 1.34 bits per heavy atom.